The van der Waals surface area contributed by atoms with Crippen molar-refractivity contribution in [3.05, 3.63) is 89.7 Å². The van der Waals surface area contributed by atoms with Gasteiger partial charge < -0.3 is 19.7 Å². The zero-order chi connectivity index (χ0) is 38.6. The van der Waals surface area contributed by atoms with Gasteiger partial charge >= 0.3 is 6.03 Å². The number of nitrogens with zero attached hydrogens (tertiary/aromatic N) is 7. The smallest absolute Gasteiger partial charge is 0.320 e. The molecule has 3 aromatic heterocycles. The summed E-state index contributed by atoms with van der Waals surface area (Å²) in [6, 6.07) is 22.3. The van der Waals surface area contributed by atoms with Crippen LogP contribution in [-0.2, 0) is 5.41 Å². The molecule has 2 amide bonds. The fraction of sp³-hybridized carbons (Fsp3) is 0.500. The quantitative estimate of drug-likeness (QED) is 0.138. The minimum atomic E-state index is -0.267. The number of piperidine rings is 2. The Morgan fingerprint density at radius 1 is 0.839 bits per heavy atom. The molecule has 56 heavy (non-hydrogen) atoms. The largest absolute Gasteiger partial charge is 0.492 e. The van der Waals surface area contributed by atoms with E-state index in [0.717, 1.165) is 85.5 Å². The molecule has 0 spiro atoms. The molecule has 12 heteroatoms. The van der Waals surface area contributed by atoms with Gasteiger partial charge in [0.15, 0.2) is 5.65 Å². The maximum Gasteiger partial charge on any atom is 0.320 e. The zero-order valence-corrected chi connectivity index (χ0v) is 33.4. The predicted octanol–water partition coefficient (Wildman–Crippen LogP) is 8.28. The number of carbonyl (C=O) groups is 1. The highest BCUT2D eigenvalue weighted by molar-refractivity contribution is 5.89. The number of hydrogen-bond donors (Lipinski definition) is 2. The Kier molecular flexibility index (Phi) is 11.2. The Hall–Kier alpha value is -5.10. The van der Waals surface area contributed by atoms with E-state index in [9.17, 15) is 4.79 Å². The number of anilines is 2. The first kappa shape index (κ1) is 37.8. The van der Waals surface area contributed by atoms with Crippen LogP contribution >= 0.6 is 0 Å². The van der Waals surface area contributed by atoms with Crippen molar-refractivity contribution in [3.8, 4) is 17.2 Å². The van der Waals surface area contributed by atoms with Crippen LogP contribution in [0.4, 0.5) is 16.6 Å². The molecule has 3 aliphatic rings. The van der Waals surface area contributed by atoms with E-state index >= 15 is 0 Å². The van der Waals surface area contributed by atoms with Crippen molar-refractivity contribution in [1.29, 1.82) is 0 Å². The van der Waals surface area contributed by atoms with E-state index in [-0.39, 0.29) is 23.4 Å². The fourth-order valence-corrected chi connectivity index (χ4v) is 8.46. The van der Waals surface area contributed by atoms with Gasteiger partial charge in [-0.2, -0.15) is 5.10 Å². The summed E-state index contributed by atoms with van der Waals surface area (Å²) >= 11 is 0. The van der Waals surface area contributed by atoms with E-state index in [4.69, 9.17) is 14.6 Å². The van der Waals surface area contributed by atoms with Gasteiger partial charge in [0.25, 0.3) is 0 Å². The molecule has 0 radical (unpaired) electrons. The standard InChI is InChI=1S/C44H57N9O3/c1-31-13-8-11-24-51(31)43-48-47-40-21-19-35(29-52(40)43)56-30-32-18-20-38(37-17-7-6-16-36(32)37)45-42(54)46-41-28-39(44(2,3)4)49-53(41)33-14-12-15-34(27-33)55-26-25-50-22-9-5-10-23-50/h6-7,12,14-17,19,21,27-29,31-32,38H,5,8-11,13,18,20,22-26,30H2,1-4H3,(H2,45,46,54)/t31-,32?,38-/m0/s1. The lowest BCUT2D eigenvalue weighted by atomic mass is 9.80. The van der Waals surface area contributed by atoms with E-state index < -0.39 is 0 Å². The molecule has 1 unspecified atom stereocenters. The number of benzene rings is 2. The molecule has 2 fully saturated rings. The number of rotatable bonds is 11. The summed E-state index contributed by atoms with van der Waals surface area (Å²) < 4.78 is 16.5. The molecular weight excluding hydrogens is 703 g/mol. The van der Waals surface area contributed by atoms with Crippen molar-refractivity contribution in [2.24, 2.45) is 0 Å². The minimum absolute atomic E-state index is 0.139. The number of amides is 2. The van der Waals surface area contributed by atoms with Gasteiger partial charge in [0.1, 0.15) is 23.9 Å². The number of aromatic nitrogens is 5. The SMILES string of the molecule is C[C@H]1CCCCN1c1nnc2ccc(OCC3CC[C@H](NC(=O)Nc4cc(C(C)(C)C)nn4-c4cccc(OCCN5CCCCC5)c4)c4ccccc43)cn12. The van der Waals surface area contributed by atoms with Gasteiger partial charge in [-0.3, -0.25) is 14.6 Å². The molecule has 2 saturated heterocycles. The third-order valence-electron chi connectivity index (χ3n) is 11.7. The van der Waals surface area contributed by atoms with Gasteiger partial charge in [-0.15, -0.1) is 10.2 Å². The Morgan fingerprint density at radius 2 is 1.66 bits per heavy atom. The van der Waals surface area contributed by atoms with Gasteiger partial charge in [-0.25, -0.2) is 9.48 Å². The fourth-order valence-electron chi connectivity index (χ4n) is 8.46. The lowest BCUT2D eigenvalue weighted by Crippen LogP contribution is -2.38. The molecule has 1 aliphatic carbocycles. The number of hydrogen-bond acceptors (Lipinski definition) is 8. The summed E-state index contributed by atoms with van der Waals surface area (Å²) in [6.07, 6.45) is 11.1. The number of fused-ring (bicyclic) bond motifs is 2. The highest BCUT2D eigenvalue weighted by Gasteiger charge is 2.30. The first-order valence-electron chi connectivity index (χ1n) is 20.7. The van der Waals surface area contributed by atoms with Gasteiger partial charge in [0.05, 0.1) is 30.2 Å². The number of ether oxygens (including phenoxy) is 2. The lowest BCUT2D eigenvalue weighted by molar-refractivity contribution is 0.183. The molecule has 2 aliphatic heterocycles. The molecule has 2 N–H and O–H groups in total. The predicted molar refractivity (Wildman–Crippen MR) is 221 cm³/mol. The van der Waals surface area contributed by atoms with Crippen LogP contribution in [-0.4, -0.2) is 80.7 Å². The molecule has 3 atom stereocenters. The Bertz CT molecular complexity index is 2110. The number of pyridine rings is 1. The summed E-state index contributed by atoms with van der Waals surface area (Å²) in [5.41, 5.74) is 4.65. The molecule has 12 nitrogen and oxygen atoms in total. The monoisotopic (exact) mass is 759 g/mol. The van der Waals surface area contributed by atoms with Crippen LogP contribution in [0.25, 0.3) is 11.3 Å². The second kappa shape index (κ2) is 16.6. The van der Waals surface area contributed by atoms with E-state index in [2.05, 4.69) is 80.9 Å². The number of likely N-dealkylation sites (tertiary alicyclic amines) is 1. The van der Waals surface area contributed by atoms with Crippen LogP contribution in [0.3, 0.4) is 0 Å². The van der Waals surface area contributed by atoms with Crippen molar-refractivity contribution in [2.45, 2.75) is 102 Å². The summed E-state index contributed by atoms with van der Waals surface area (Å²) in [6.45, 7) is 14.0. The maximum absolute atomic E-state index is 13.8. The molecular formula is C44H57N9O3. The first-order valence-corrected chi connectivity index (χ1v) is 20.7. The summed E-state index contributed by atoms with van der Waals surface area (Å²) in [4.78, 5) is 18.6. The Labute approximate surface area is 330 Å². The number of carbonyl (C=O) groups excluding carboxylic acids is 1. The normalized spacial score (nSPS) is 20.4. The molecule has 2 aromatic carbocycles. The Balaban J connectivity index is 0.932. The molecule has 296 valence electrons. The van der Waals surface area contributed by atoms with Gasteiger partial charge in [0, 0.05) is 42.6 Å². The van der Waals surface area contributed by atoms with E-state index in [1.165, 1.54) is 37.7 Å². The molecule has 0 saturated carbocycles. The van der Waals surface area contributed by atoms with Gasteiger partial charge in [-0.05, 0) is 100 Å². The van der Waals surface area contributed by atoms with Gasteiger partial charge in [0.2, 0.25) is 5.95 Å². The number of nitrogens with one attached hydrogen (secondary N) is 2. The van der Waals surface area contributed by atoms with Crippen molar-refractivity contribution >= 4 is 23.4 Å². The maximum atomic E-state index is 13.8. The molecule has 0 bridgehead atoms. The van der Waals surface area contributed by atoms with Crippen molar-refractivity contribution < 1.29 is 14.3 Å². The second-order valence-electron chi connectivity index (χ2n) is 16.8. The molecule has 8 rings (SSSR count). The third-order valence-corrected chi connectivity index (χ3v) is 11.7. The van der Waals surface area contributed by atoms with Crippen LogP contribution in [0.2, 0.25) is 0 Å². The van der Waals surface area contributed by atoms with Crippen molar-refractivity contribution in [3.63, 3.8) is 0 Å². The average molecular weight is 760 g/mol. The van der Waals surface area contributed by atoms with Crippen molar-refractivity contribution in [1.82, 2.24) is 34.6 Å². The molecule has 5 heterocycles. The third kappa shape index (κ3) is 8.50. The minimum Gasteiger partial charge on any atom is -0.492 e. The number of urea groups is 1. The van der Waals surface area contributed by atoms with E-state index in [1.54, 1.807) is 0 Å². The molecule has 5 aromatic rings. The van der Waals surface area contributed by atoms with E-state index in [1.807, 2.05) is 59.4 Å². The summed E-state index contributed by atoms with van der Waals surface area (Å²) in [5, 5.41) is 20.4. The summed E-state index contributed by atoms with van der Waals surface area (Å²) in [5.74, 6) is 3.26. The van der Waals surface area contributed by atoms with Gasteiger partial charge in [-0.1, -0.05) is 57.5 Å². The highest BCUT2D eigenvalue weighted by Crippen LogP contribution is 2.38. The average Bonchev–Trinajstić information content (AvgIpc) is 3.83. The lowest BCUT2D eigenvalue weighted by Gasteiger charge is -2.33. The first-order chi connectivity index (χ1) is 27.2. The van der Waals surface area contributed by atoms with Crippen molar-refractivity contribution in [2.75, 3.05) is 49.6 Å². The zero-order valence-electron chi connectivity index (χ0n) is 33.4. The van der Waals surface area contributed by atoms with Crippen LogP contribution in [0, 0.1) is 0 Å². The Morgan fingerprint density at radius 3 is 2.48 bits per heavy atom. The van der Waals surface area contributed by atoms with Crippen LogP contribution < -0.4 is 25.0 Å². The summed E-state index contributed by atoms with van der Waals surface area (Å²) in [7, 11) is 0. The topological polar surface area (TPSA) is 114 Å². The van der Waals surface area contributed by atoms with Crippen LogP contribution in [0.1, 0.15) is 108 Å². The second-order valence-corrected chi connectivity index (χ2v) is 16.8. The van der Waals surface area contributed by atoms with Crippen LogP contribution in [0.5, 0.6) is 11.5 Å². The van der Waals surface area contributed by atoms with E-state index in [0.29, 0.717) is 25.1 Å². The highest BCUT2D eigenvalue weighted by atomic mass is 16.5. The van der Waals surface area contributed by atoms with Crippen LogP contribution in [0.15, 0.2) is 72.9 Å².